The molecular formula is C11H11ClN4O. The van der Waals surface area contributed by atoms with Gasteiger partial charge in [0, 0.05) is 18.3 Å². The summed E-state index contributed by atoms with van der Waals surface area (Å²) < 4.78 is 1.56. The summed E-state index contributed by atoms with van der Waals surface area (Å²) in [4.78, 5) is 11.8. The molecule has 1 aromatic carbocycles. The molecule has 88 valence electrons. The van der Waals surface area contributed by atoms with Gasteiger partial charge in [-0.3, -0.25) is 9.48 Å². The molecule has 0 saturated heterocycles. The molecule has 1 aromatic heterocycles. The number of carbonyl (C=O) groups is 1. The van der Waals surface area contributed by atoms with E-state index in [-0.39, 0.29) is 5.91 Å². The molecule has 0 atom stereocenters. The van der Waals surface area contributed by atoms with Crippen molar-refractivity contribution < 1.29 is 4.79 Å². The van der Waals surface area contributed by atoms with Gasteiger partial charge in [0.15, 0.2) is 5.69 Å². The molecule has 0 unspecified atom stereocenters. The number of hydrogen-bond donors (Lipinski definition) is 2. The molecule has 0 radical (unpaired) electrons. The first-order valence-corrected chi connectivity index (χ1v) is 5.30. The van der Waals surface area contributed by atoms with Gasteiger partial charge in [-0.1, -0.05) is 11.6 Å². The maximum atomic E-state index is 11.8. The van der Waals surface area contributed by atoms with E-state index in [0.717, 1.165) is 0 Å². The highest BCUT2D eigenvalue weighted by Crippen LogP contribution is 2.22. The van der Waals surface area contributed by atoms with Crippen molar-refractivity contribution in [2.75, 3.05) is 11.1 Å². The third kappa shape index (κ3) is 2.57. The van der Waals surface area contributed by atoms with Crippen LogP contribution in [0.3, 0.4) is 0 Å². The second-order valence-corrected chi connectivity index (χ2v) is 4.00. The average molecular weight is 251 g/mol. The van der Waals surface area contributed by atoms with E-state index in [1.54, 1.807) is 42.2 Å². The highest BCUT2D eigenvalue weighted by Gasteiger charge is 2.10. The number of amides is 1. The van der Waals surface area contributed by atoms with E-state index in [2.05, 4.69) is 10.4 Å². The van der Waals surface area contributed by atoms with Gasteiger partial charge in [-0.25, -0.2) is 0 Å². The molecule has 17 heavy (non-hydrogen) atoms. The second kappa shape index (κ2) is 4.47. The van der Waals surface area contributed by atoms with Crippen LogP contribution in [0.2, 0.25) is 5.02 Å². The summed E-state index contributed by atoms with van der Waals surface area (Å²) in [5.74, 6) is -0.306. The molecule has 0 saturated carbocycles. The summed E-state index contributed by atoms with van der Waals surface area (Å²) >= 11 is 5.77. The van der Waals surface area contributed by atoms with Gasteiger partial charge in [-0.2, -0.15) is 5.10 Å². The Bertz CT molecular complexity index is 564. The van der Waals surface area contributed by atoms with E-state index in [4.69, 9.17) is 17.3 Å². The SMILES string of the molecule is Cn1ccc(C(=O)Nc2ccc(Cl)cc2N)n1. The van der Waals surface area contributed by atoms with Crippen LogP contribution in [0, 0.1) is 0 Å². The quantitative estimate of drug-likeness (QED) is 0.800. The largest absolute Gasteiger partial charge is 0.397 e. The molecule has 0 aliphatic rings. The van der Waals surface area contributed by atoms with Gasteiger partial charge in [0.05, 0.1) is 11.4 Å². The van der Waals surface area contributed by atoms with Crippen LogP contribution in [0.1, 0.15) is 10.5 Å². The van der Waals surface area contributed by atoms with Gasteiger partial charge in [-0.05, 0) is 24.3 Å². The number of nitrogens with zero attached hydrogens (tertiary/aromatic N) is 2. The van der Waals surface area contributed by atoms with Crippen LogP contribution in [0.15, 0.2) is 30.5 Å². The first-order chi connectivity index (χ1) is 8.06. The highest BCUT2D eigenvalue weighted by atomic mass is 35.5. The monoisotopic (exact) mass is 250 g/mol. The van der Waals surface area contributed by atoms with E-state index < -0.39 is 0 Å². The third-order valence-electron chi connectivity index (χ3n) is 2.21. The summed E-state index contributed by atoms with van der Waals surface area (Å²) in [6.07, 6.45) is 1.69. The number of carbonyl (C=O) groups excluding carboxylic acids is 1. The average Bonchev–Trinajstić information content (AvgIpc) is 2.69. The molecule has 0 spiro atoms. The number of benzene rings is 1. The topological polar surface area (TPSA) is 72.9 Å². The fourth-order valence-corrected chi connectivity index (χ4v) is 1.55. The molecule has 0 aliphatic heterocycles. The fourth-order valence-electron chi connectivity index (χ4n) is 1.37. The van der Waals surface area contributed by atoms with Crippen molar-refractivity contribution in [1.29, 1.82) is 0 Å². The predicted molar refractivity (Wildman–Crippen MR) is 67.0 cm³/mol. The van der Waals surface area contributed by atoms with Crippen molar-refractivity contribution in [3.63, 3.8) is 0 Å². The number of aryl methyl sites for hydroxylation is 1. The Hall–Kier alpha value is -2.01. The molecule has 6 heteroatoms. The van der Waals surface area contributed by atoms with Gasteiger partial charge in [0.1, 0.15) is 0 Å². The molecule has 0 fully saturated rings. The van der Waals surface area contributed by atoms with Crippen LogP contribution in [-0.4, -0.2) is 15.7 Å². The lowest BCUT2D eigenvalue weighted by Gasteiger charge is -2.06. The smallest absolute Gasteiger partial charge is 0.276 e. The number of aromatic nitrogens is 2. The van der Waals surface area contributed by atoms with Crippen molar-refractivity contribution in [2.45, 2.75) is 0 Å². The van der Waals surface area contributed by atoms with Gasteiger partial charge in [-0.15, -0.1) is 0 Å². The molecule has 1 amide bonds. The zero-order valence-corrected chi connectivity index (χ0v) is 9.90. The number of hydrogen-bond acceptors (Lipinski definition) is 3. The number of halogens is 1. The third-order valence-corrected chi connectivity index (χ3v) is 2.44. The predicted octanol–water partition coefficient (Wildman–Crippen LogP) is 1.91. The Morgan fingerprint density at radius 2 is 2.24 bits per heavy atom. The molecule has 0 bridgehead atoms. The Balaban J connectivity index is 2.18. The van der Waals surface area contributed by atoms with Crippen LogP contribution in [0.5, 0.6) is 0 Å². The maximum Gasteiger partial charge on any atom is 0.276 e. The summed E-state index contributed by atoms with van der Waals surface area (Å²) in [6.45, 7) is 0. The Morgan fingerprint density at radius 1 is 1.47 bits per heavy atom. The van der Waals surface area contributed by atoms with E-state index >= 15 is 0 Å². The summed E-state index contributed by atoms with van der Waals surface area (Å²) in [5, 5.41) is 7.19. The summed E-state index contributed by atoms with van der Waals surface area (Å²) in [6, 6.07) is 6.52. The lowest BCUT2D eigenvalue weighted by atomic mass is 10.2. The van der Waals surface area contributed by atoms with Crippen LogP contribution in [-0.2, 0) is 7.05 Å². The fraction of sp³-hybridized carbons (Fsp3) is 0.0909. The Morgan fingerprint density at radius 3 is 2.82 bits per heavy atom. The van der Waals surface area contributed by atoms with Crippen molar-refractivity contribution in [1.82, 2.24) is 9.78 Å². The lowest BCUT2D eigenvalue weighted by molar-refractivity contribution is 0.102. The minimum Gasteiger partial charge on any atom is -0.397 e. The minimum absolute atomic E-state index is 0.306. The number of nitrogen functional groups attached to an aromatic ring is 1. The lowest BCUT2D eigenvalue weighted by Crippen LogP contribution is -2.14. The zero-order chi connectivity index (χ0) is 12.4. The number of anilines is 2. The molecular weight excluding hydrogens is 240 g/mol. The minimum atomic E-state index is -0.306. The van der Waals surface area contributed by atoms with Crippen molar-refractivity contribution >= 4 is 28.9 Å². The van der Waals surface area contributed by atoms with E-state index in [1.807, 2.05) is 0 Å². The van der Waals surface area contributed by atoms with E-state index in [1.165, 1.54) is 0 Å². The van der Waals surface area contributed by atoms with Crippen LogP contribution < -0.4 is 11.1 Å². The van der Waals surface area contributed by atoms with E-state index in [0.29, 0.717) is 22.1 Å². The first-order valence-electron chi connectivity index (χ1n) is 4.92. The standard InChI is InChI=1S/C11H11ClN4O/c1-16-5-4-10(15-16)11(17)14-9-3-2-7(12)6-8(9)13/h2-6H,13H2,1H3,(H,14,17). The summed E-state index contributed by atoms with van der Waals surface area (Å²) in [5.41, 5.74) is 7.00. The molecule has 0 aliphatic carbocycles. The number of nitrogens with two attached hydrogens (primary N) is 1. The second-order valence-electron chi connectivity index (χ2n) is 3.56. The van der Waals surface area contributed by atoms with Crippen molar-refractivity contribution in [3.05, 3.63) is 41.2 Å². The van der Waals surface area contributed by atoms with Gasteiger partial charge in [0.2, 0.25) is 0 Å². The van der Waals surface area contributed by atoms with E-state index in [9.17, 15) is 4.79 Å². The molecule has 1 heterocycles. The number of rotatable bonds is 2. The van der Waals surface area contributed by atoms with Gasteiger partial charge < -0.3 is 11.1 Å². The molecule has 3 N–H and O–H groups in total. The first kappa shape index (κ1) is 11.5. The van der Waals surface area contributed by atoms with Gasteiger partial charge in [0.25, 0.3) is 5.91 Å². The number of nitrogens with one attached hydrogen (secondary N) is 1. The van der Waals surface area contributed by atoms with Gasteiger partial charge >= 0.3 is 0 Å². The van der Waals surface area contributed by atoms with Crippen LogP contribution >= 0.6 is 11.6 Å². The van der Waals surface area contributed by atoms with Crippen LogP contribution in [0.25, 0.3) is 0 Å². The maximum absolute atomic E-state index is 11.8. The zero-order valence-electron chi connectivity index (χ0n) is 9.14. The molecule has 5 nitrogen and oxygen atoms in total. The highest BCUT2D eigenvalue weighted by molar-refractivity contribution is 6.31. The summed E-state index contributed by atoms with van der Waals surface area (Å²) in [7, 11) is 1.74. The molecule has 2 aromatic rings. The van der Waals surface area contributed by atoms with Crippen LogP contribution in [0.4, 0.5) is 11.4 Å². The normalized spacial score (nSPS) is 10.2. The van der Waals surface area contributed by atoms with Crippen molar-refractivity contribution in [3.8, 4) is 0 Å². The Kier molecular flexibility index (Phi) is 3.01. The van der Waals surface area contributed by atoms with Crippen molar-refractivity contribution in [2.24, 2.45) is 7.05 Å². The Labute approximate surface area is 103 Å². The molecule has 2 rings (SSSR count).